The van der Waals surface area contributed by atoms with Crippen molar-refractivity contribution in [3.8, 4) is 11.1 Å². The highest BCUT2D eigenvalue weighted by atomic mass is 19.1. The van der Waals surface area contributed by atoms with E-state index in [0.29, 0.717) is 12.0 Å². The number of fused-ring (bicyclic) bond motifs is 1. The second-order valence-corrected chi connectivity index (χ2v) is 7.68. The standard InChI is InChI=1S/C22H27FN2O/c1-24-12-2-3-13-25-20(14-24)22(21(25)15-26)18-6-4-16(5-7-18)17-8-10-19(23)11-9-17/h4-11,20-22,26H,2-3,12-15H2,1H3/t20-,21+,22-/m0/s1. The second-order valence-electron chi connectivity index (χ2n) is 7.68. The minimum Gasteiger partial charge on any atom is -0.395 e. The highest BCUT2D eigenvalue weighted by molar-refractivity contribution is 5.63. The van der Waals surface area contributed by atoms with Gasteiger partial charge in [0.1, 0.15) is 5.82 Å². The Balaban J connectivity index is 1.56. The van der Waals surface area contributed by atoms with Crippen molar-refractivity contribution in [2.45, 2.75) is 30.8 Å². The third-order valence-electron chi connectivity index (χ3n) is 6.05. The number of aliphatic hydroxyl groups excluding tert-OH is 1. The van der Waals surface area contributed by atoms with Crippen LogP contribution < -0.4 is 0 Å². The van der Waals surface area contributed by atoms with Gasteiger partial charge in [0.25, 0.3) is 0 Å². The minimum absolute atomic E-state index is 0.209. The maximum Gasteiger partial charge on any atom is 0.123 e. The van der Waals surface area contributed by atoms with E-state index in [2.05, 4.69) is 41.1 Å². The van der Waals surface area contributed by atoms with Crippen LogP contribution in [0.2, 0.25) is 0 Å². The number of aliphatic hydroxyl groups is 1. The summed E-state index contributed by atoms with van der Waals surface area (Å²) >= 11 is 0. The van der Waals surface area contributed by atoms with Crippen molar-refractivity contribution >= 4 is 0 Å². The van der Waals surface area contributed by atoms with Crippen molar-refractivity contribution in [3.63, 3.8) is 0 Å². The number of hydrogen-bond donors (Lipinski definition) is 1. The van der Waals surface area contributed by atoms with Crippen molar-refractivity contribution in [1.82, 2.24) is 9.80 Å². The molecule has 0 saturated carbocycles. The molecule has 2 aromatic carbocycles. The predicted octanol–water partition coefficient (Wildman–Crippen LogP) is 3.35. The molecule has 2 aromatic rings. The Morgan fingerprint density at radius 1 is 0.962 bits per heavy atom. The predicted molar refractivity (Wildman–Crippen MR) is 103 cm³/mol. The van der Waals surface area contributed by atoms with Crippen molar-refractivity contribution in [2.24, 2.45) is 0 Å². The van der Waals surface area contributed by atoms with Gasteiger partial charge in [0.2, 0.25) is 0 Å². The van der Waals surface area contributed by atoms with E-state index in [1.54, 1.807) is 0 Å². The number of rotatable bonds is 3. The minimum atomic E-state index is -0.209. The van der Waals surface area contributed by atoms with E-state index in [1.165, 1.54) is 30.5 Å². The molecule has 0 aromatic heterocycles. The molecule has 4 rings (SSSR count). The number of benzene rings is 2. The van der Waals surface area contributed by atoms with E-state index in [-0.39, 0.29) is 18.5 Å². The fourth-order valence-electron chi connectivity index (χ4n) is 4.65. The third kappa shape index (κ3) is 3.29. The first-order valence-corrected chi connectivity index (χ1v) is 9.58. The number of likely N-dealkylation sites (N-methyl/N-ethyl adjacent to an activating group) is 1. The molecule has 0 bridgehead atoms. The van der Waals surface area contributed by atoms with Crippen LogP contribution in [0, 0.1) is 5.82 Å². The SMILES string of the molecule is CN1CCCCN2[C@H](CO)[C@@H](c3ccc(-c4ccc(F)cc4)cc3)[C@@H]2C1. The lowest BCUT2D eigenvalue weighted by atomic mass is 9.74. The Hall–Kier alpha value is -1.75. The average molecular weight is 354 g/mol. The molecule has 4 heteroatoms. The molecule has 2 aliphatic heterocycles. The Morgan fingerprint density at radius 2 is 1.58 bits per heavy atom. The monoisotopic (exact) mass is 354 g/mol. The Bertz CT molecular complexity index is 731. The van der Waals surface area contributed by atoms with Gasteiger partial charge in [-0.2, -0.15) is 0 Å². The summed E-state index contributed by atoms with van der Waals surface area (Å²) in [6.07, 6.45) is 2.43. The third-order valence-corrected chi connectivity index (χ3v) is 6.05. The van der Waals surface area contributed by atoms with Gasteiger partial charge in [-0.05, 0) is 61.8 Å². The summed E-state index contributed by atoms with van der Waals surface area (Å²) in [5.41, 5.74) is 3.42. The van der Waals surface area contributed by atoms with Crippen molar-refractivity contribution in [2.75, 3.05) is 33.3 Å². The first-order chi connectivity index (χ1) is 12.7. The van der Waals surface area contributed by atoms with Gasteiger partial charge in [0, 0.05) is 24.5 Å². The van der Waals surface area contributed by atoms with Crippen LogP contribution in [0.3, 0.4) is 0 Å². The quantitative estimate of drug-likeness (QED) is 0.916. The van der Waals surface area contributed by atoms with Crippen molar-refractivity contribution in [1.29, 1.82) is 0 Å². The summed E-state index contributed by atoms with van der Waals surface area (Å²) in [4.78, 5) is 4.92. The van der Waals surface area contributed by atoms with Gasteiger partial charge in [-0.1, -0.05) is 36.4 Å². The number of nitrogens with zero attached hydrogens (tertiary/aromatic N) is 2. The fourth-order valence-corrected chi connectivity index (χ4v) is 4.65. The van der Waals surface area contributed by atoms with Gasteiger partial charge < -0.3 is 10.0 Å². The van der Waals surface area contributed by atoms with Gasteiger partial charge >= 0.3 is 0 Å². The van der Waals surface area contributed by atoms with Crippen LogP contribution in [-0.4, -0.2) is 60.3 Å². The summed E-state index contributed by atoms with van der Waals surface area (Å²) in [6, 6.07) is 15.9. The van der Waals surface area contributed by atoms with E-state index in [1.807, 2.05) is 12.1 Å². The average Bonchev–Trinajstić information content (AvgIpc) is 2.64. The van der Waals surface area contributed by atoms with Crippen LogP contribution in [-0.2, 0) is 0 Å². The highest BCUT2D eigenvalue weighted by Gasteiger charge is 2.48. The van der Waals surface area contributed by atoms with E-state index >= 15 is 0 Å². The maximum atomic E-state index is 13.1. The van der Waals surface area contributed by atoms with Crippen LogP contribution >= 0.6 is 0 Å². The molecule has 2 heterocycles. The molecule has 26 heavy (non-hydrogen) atoms. The summed E-state index contributed by atoms with van der Waals surface area (Å²) in [5, 5.41) is 9.95. The normalized spacial score (nSPS) is 27.3. The highest BCUT2D eigenvalue weighted by Crippen LogP contribution is 2.42. The molecule has 1 N–H and O–H groups in total. The molecule has 0 spiro atoms. The molecule has 138 valence electrons. The maximum absolute atomic E-state index is 13.1. The lowest BCUT2D eigenvalue weighted by Gasteiger charge is -2.57. The van der Waals surface area contributed by atoms with Gasteiger partial charge in [-0.15, -0.1) is 0 Å². The topological polar surface area (TPSA) is 26.7 Å². The first kappa shape index (κ1) is 17.7. The summed E-state index contributed by atoms with van der Waals surface area (Å²) in [7, 11) is 2.20. The van der Waals surface area contributed by atoms with Gasteiger partial charge in [0.05, 0.1) is 6.61 Å². The molecule has 2 saturated heterocycles. The molecule has 2 fully saturated rings. The van der Waals surface area contributed by atoms with Crippen molar-refractivity contribution < 1.29 is 9.50 Å². The lowest BCUT2D eigenvalue weighted by molar-refractivity contribution is -0.0614. The second kappa shape index (κ2) is 7.47. The largest absolute Gasteiger partial charge is 0.395 e. The van der Waals surface area contributed by atoms with Crippen LogP contribution in [0.25, 0.3) is 11.1 Å². The summed E-state index contributed by atoms with van der Waals surface area (Å²) in [6.45, 7) is 3.52. The zero-order valence-corrected chi connectivity index (χ0v) is 15.3. The number of halogens is 1. The Labute approximate surface area is 155 Å². The van der Waals surface area contributed by atoms with Crippen LogP contribution in [0.15, 0.2) is 48.5 Å². The van der Waals surface area contributed by atoms with Gasteiger partial charge in [-0.3, -0.25) is 4.90 Å². The molecule has 0 aliphatic carbocycles. The van der Waals surface area contributed by atoms with Crippen LogP contribution in [0.5, 0.6) is 0 Å². The van der Waals surface area contributed by atoms with Crippen LogP contribution in [0.4, 0.5) is 4.39 Å². The van der Waals surface area contributed by atoms with Gasteiger partial charge in [-0.25, -0.2) is 4.39 Å². The molecule has 3 nitrogen and oxygen atoms in total. The van der Waals surface area contributed by atoms with E-state index in [9.17, 15) is 9.50 Å². The van der Waals surface area contributed by atoms with Crippen LogP contribution in [0.1, 0.15) is 24.3 Å². The molecule has 0 amide bonds. The Morgan fingerprint density at radius 3 is 2.23 bits per heavy atom. The van der Waals surface area contributed by atoms with E-state index < -0.39 is 0 Å². The zero-order valence-electron chi connectivity index (χ0n) is 15.3. The molecular weight excluding hydrogens is 327 g/mol. The summed E-state index contributed by atoms with van der Waals surface area (Å²) < 4.78 is 13.1. The lowest BCUT2D eigenvalue weighted by Crippen LogP contribution is -2.67. The molecule has 0 unspecified atom stereocenters. The van der Waals surface area contributed by atoms with Crippen molar-refractivity contribution in [3.05, 3.63) is 59.9 Å². The summed E-state index contributed by atoms with van der Waals surface area (Å²) in [5.74, 6) is 0.168. The van der Waals surface area contributed by atoms with Gasteiger partial charge in [0.15, 0.2) is 0 Å². The zero-order chi connectivity index (χ0) is 18.1. The molecule has 3 atom stereocenters. The van der Waals surface area contributed by atoms with E-state index in [0.717, 1.165) is 30.8 Å². The fraction of sp³-hybridized carbons (Fsp3) is 0.455. The Kier molecular flexibility index (Phi) is 5.07. The molecule has 2 aliphatic rings. The number of hydrogen-bond acceptors (Lipinski definition) is 3. The first-order valence-electron chi connectivity index (χ1n) is 9.58. The molecular formula is C22H27FN2O. The smallest absolute Gasteiger partial charge is 0.123 e. The molecule has 0 radical (unpaired) electrons. The van der Waals surface area contributed by atoms with E-state index in [4.69, 9.17) is 0 Å².